The van der Waals surface area contributed by atoms with Gasteiger partial charge in [-0.15, -0.1) is 0 Å². The fourth-order valence-corrected chi connectivity index (χ4v) is 1.31. The Morgan fingerprint density at radius 2 is 1.72 bits per heavy atom. The third-order valence-electron chi connectivity index (χ3n) is 3.02. The number of carbonyl (C=O) groups excluding carboxylic acids is 2. The van der Waals surface area contributed by atoms with Crippen LogP contribution in [-0.2, 0) is 9.59 Å². The maximum Gasteiger partial charge on any atom is 0.242 e. The number of rotatable bonds is 5. The monoisotopic (exact) mass is 257 g/mol. The summed E-state index contributed by atoms with van der Waals surface area (Å²) in [7, 11) is 0. The average Bonchev–Trinajstić information content (AvgIpc) is 2.25. The number of carbonyl (C=O) groups is 2. The van der Waals surface area contributed by atoms with Gasteiger partial charge in [0, 0.05) is 12.1 Å². The molecule has 5 heteroatoms. The minimum atomic E-state index is -0.615. The van der Waals surface area contributed by atoms with Gasteiger partial charge in [0.1, 0.15) is 6.04 Å². The van der Waals surface area contributed by atoms with Crippen molar-refractivity contribution < 1.29 is 9.59 Å². The van der Waals surface area contributed by atoms with Crippen LogP contribution in [0.25, 0.3) is 0 Å². The zero-order valence-electron chi connectivity index (χ0n) is 12.4. The molecule has 0 radical (unpaired) electrons. The van der Waals surface area contributed by atoms with Gasteiger partial charge in [0.2, 0.25) is 11.8 Å². The lowest BCUT2D eigenvalue weighted by Crippen LogP contribution is -2.54. The molecule has 0 fully saturated rings. The first-order valence-electron chi connectivity index (χ1n) is 6.39. The molecule has 2 unspecified atom stereocenters. The van der Waals surface area contributed by atoms with Gasteiger partial charge < -0.3 is 16.4 Å². The van der Waals surface area contributed by atoms with E-state index in [0.29, 0.717) is 6.42 Å². The molecule has 5 nitrogen and oxygen atoms in total. The van der Waals surface area contributed by atoms with E-state index in [-0.39, 0.29) is 23.9 Å². The van der Waals surface area contributed by atoms with Gasteiger partial charge in [-0.3, -0.25) is 9.59 Å². The summed E-state index contributed by atoms with van der Waals surface area (Å²) in [6.07, 6.45) is 0.642. The van der Waals surface area contributed by atoms with Gasteiger partial charge in [-0.1, -0.05) is 6.92 Å². The maximum absolute atomic E-state index is 12.0. The van der Waals surface area contributed by atoms with Crippen molar-refractivity contribution in [2.75, 3.05) is 6.54 Å². The topological polar surface area (TPSA) is 84.2 Å². The summed E-state index contributed by atoms with van der Waals surface area (Å²) >= 11 is 0. The minimum Gasteiger partial charge on any atom is -0.350 e. The van der Waals surface area contributed by atoms with E-state index in [4.69, 9.17) is 5.73 Å². The molecule has 4 N–H and O–H groups in total. The quantitative estimate of drug-likeness (QED) is 0.680. The zero-order valence-corrected chi connectivity index (χ0v) is 12.4. The van der Waals surface area contributed by atoms with Crippen LogP contribution in [0.1, 0.15) is 48.0 Å². The van der Waals surface area contributed by atoms with E-state index in [1.807, 2.05) is 27.7 Å². The first-order chi connectivity index (χ1) is 8.05. The molecule has 0 aliphatic heterocycles. The van der Waals surface area contributed by atoms with E-state index in [1.165, 1.54) is 0 Å². The second kappa shape index (κ2) is 6.18. The summed E-state index contributed by atoms with van der Waals surface area (Å²) < 4.78 is 0. The highest BCUT2D eigenvalue weighted by molar-refractivity contribution is 5.90. The molecule has 18 heavy (non-hydrogen) atoms. The van der Waals surface area contributed by atoms with Crippen LogP contribution in [0, 0.1) is 5.41 Å². The SMILES string of the molecule is CCC(C)(CN)C(=O)NC(C)C(=O)NC(C)(C)C. The Balaban J connectivity index is 4.53. The van der Waals surface area contributed by atoms with E-state index < -0.39 is 11.5 Å². The third-order valence-corrected chi connectivity index (χ3v) is 3.02. The molecule has 2 atom stereocenters. The van der Waals surface area contributed by atoms with Gasteiger partial charge in [-0.25, -0.2) is 0 Å². The molecular weight excluding hydrogens is 230 g/mol. The second-order valence-corrected chi connectivity index (χ2v) is 6.05. The molecule has 106 valence electrons. The van der Waals surface area contributed by atoms with Crippen LogP contribution in [0.4, 0.5) is 0 Å². The molecule has 0 aromatic rings. The molecule has 0 aliphatic carbocycles. The third kappa shape index (κ3) is 5.04. The van der Waals surface area contributed by atoms with Gasteiger partial charge in [0.05, 0.1) is 5.41 Å². The van der Waals surface area contributed by atoms with Crippen LogP contribution in [0.5, 0.6) is 0 Å². The summed E-state index contributed by atoms with van der Waals surface area (Å²) in [4.78, 5) is 23.9. The van der Waals surface area contributed by atoms with Crippen LogP contribution in [0.15, 0.2) is 0 Å². The lowest BCUT2D eigenvalue weighted by Gasteiger charge is -2.28. The molecule has 2 amide bonds. The highest BCUT2D eigenvalue weighted by atomic mass is 16.2. The van der Waals surface area contributed by atoms with Crippen molar-refractivity contribution >= 4 is 11.8 Å². The van der Waals surface area contributed by atoms with Crippen LogP contribution in [0.3, 0.4) is 0 Å². The number of hydrogen-bond donors (Lipinski definition) is 3. The van der Waals surface area contributed by atoms with Gasteiger partial charge in [-0.05, 0) is 41.0 Å². The lowest BCUT2D eigenvalue weighted by atomic mass is 9.86. The molecule has 0 rings (SSSR count). The van der Waals surface area contributed by atoms with Crippen molar-refractivity contribution in [3.8, 4) is 0 Å². The highest BCUT2D eigenvalue weighted by Crippen LogP contribution is 2.19. The molecule has 0 aromatic carbocycles. The maximum atomic E-state index is 12.0. The standard InChI is InChI=1S/C13H27N3O2/c1-7-13(6,8-14)11(18)15-9(2)10(17)16-12(3,4)5/h9H,7-8,14H2,1-6H3,(H,15,18)(H,16,17). The molecule has 0 aromatic heterocycles. The molecule has 0 heterocycles. The predicted octanol–water partition coefficient (Wildman–Crippen LogP) is 0.781. The zero-order chi connectivity index (χ0) is 14.6. The Bertz CT molecular complexity index is 304. The van der Waals surface area contributed by atoms with Gasteiger partial charge in [-0.2, -0.15) is 0 Å². The van der Waals surface area contributed by atoms with Crippen molar-refractivity contribution in [1.29, 1.82) is 0 Å². The lowest BCUT2D eigenvalue weighted by molar-refractivity contribution is -0.134. The molecule has 0 saturated carbocycles. The first-order valence-corrected chi connectivity index (χ1v) is 6.39. The summed E-state index contributed by atoms with van der Waals surface area (Å²) in [5.74, 6) is -0.365. The van der Waals surface area contributed by atoms with Crippen LogP contribution >= 0.6 is 0 Å². The van der Waals surface area contributed by atoms with E-state index in [1.54, 1.807) is 13.8 Å². The van der Waals surface area contributed by atoms with E-state index in [2.05, 4.69) is 10.6 Å². The van der Waals surface area contributed by atoms with Crippen molar-refractivity contribution in [2.24, 2.45) is 11.1 Å². The Morgan fingerprint density at radius 1 is 1.22 bits per heavy atom. The Morgan fingerprint density at radius 3 is 2.06 bits per heavy atom. The van der Waals surface area contributed by atoms with Crippen molar-refractivity contribution in [3.05, 3.63) is 0 Å². The van der Waals surface area contributed by atoms with Crippen molar-refractivity contribution in [3.63, 3.8) is 0 Å². The van der Waals surface area contributed by atoms with Gasteiger partial charge in [0.25, 0.3) is 0 Å². The number of nitrogens with two attached hydrogens (primary N) is 1. The molecular formula is C13H27N3O2. The van der Waals surface area contributed by atoms with E-state index in [0.717, 1.165) is 0 Å². The largest absolute Gasteiger partial charge is 0.350 e. The normalized spacial score (nSPS) is 16.6. The summed E-state index contributed by atoms with van der Waals surface area (Å²) in [5.41, 5.74) is 4.69. The fourth-order valence-electron chi connectivity index (χ4n) is 1.31. The summed E-state index contributed by atoms with van der Waals surface area (Å²) in [5, 5.41) is 5.54. The van der Waals surface area contributed by atoms with E-state index in [9.17, 15) is 9.59 Å². The van der Waals surface area contributed by atoms with Crippen LogP contribution < -0.4 is 16.4 Å². The fraction of sp³-hybridized carbons (Fsp3) is 0.846. The molecule has 0 saturated heterocycles. The molecule has 0 spiro atoms. The van der Waals surface area contributed by atoms with E-state index >= 15 is 0 Å². The van der Waals surface area contributed by atoms with Gasteiger partial charge in [0.15, 0.2) is 0 Å². The van der Waals surface area contributed by atoms with Crippen LogP contribution in [0.2, 0.25) is 0 Å². The number of hydrogen-bond acceptors (Lipinski definition) is 3. The first kappa shape index (κ1) is 16.9. The number of amides is 2. The molecule has 0 aliphatic rings. The Hall–Kier alpha value is -1.10. The van der Waals surface area contributed by atoms with Crippen molar-refractivity contribution in [1.82, 2.24) is 10.6 Å². The average molecular weight is 257 g/mol. The second-order valence-electron chi connectivity index (χ2n) is 6.05. The van der Waals surface area contributed by atoms with Gasteiger partial charge >= 0.3 is 0 Å². The molecule has 0 bridgehead atoms. The Labute approximate surface area is 110 Å². The predicted molar refractivity (Wildman–Crippen MR) is 73.0 cm³/mol. The van der Waals surface area contributed by atoms with Crippen LogP contribution in [-0.4, -0.2) is 29.9 Å². The Kier molecular flexibility index (Phi) is 5.80. The summed E-state index contributed by atoms with van der Waals surface area (Å²) in [6, 6.07) is -0.561. The minimum absolute atomic E-state index is 0.177. The van der Waals surface area contributed by atoms with Crippen molar-refractivity contribution in [2.45, 2.75) is 59.5 Å². The summed E-state index contributed by atoms with van der Waals surface area (Å²) in [6.45, 7) is 11.3. The highest BCUT2D eigenvalue weighted by Gasteiger charge is 2.32. The smallest absolute Gasteiger partial charge is 0.242 e. The number of nitrogens with one attached hydrogen (secondary N) is 2.